The van der Waals surface area contributed by atoms with Gasteiger partial charge in [-0.15, -0.1) is 24.0 Å². The van der Waals surface area contributed by atoms with E-state index >= 15 is 0 Å². The van der Waals surface area contributed by atoms with Gasteiger partial charge in [-0.2, -0.15) is 0 Å². The minimum atomic E-state index is -3.44. The van der Waals surface area contributed by atoms with Crippen LogP contribution in [0.25, 0.3) is 0 Å². The second-order valence-corrected chi connectivity index (χ2v) is 9.09. The highest BCUT2D eigenvalue weighted by atomic mass is 127. The number of halogens is 1. The molecule has 0 aliphatic carbocycles. The number of hydrogen-bond donors (Lipinski definition) is 3. The Morgan fingerprint density at radius 3 is 2.33 bits per heavy atom. The molecule has 0 amide bonds. The van der Waals surface area contributed by atoms with Gasteiger partial charge in [0.15, 0.2) is 5.96 Å². The molecule has 2 aromatic rings. The molecule has 0 aliphatic rings. The Kier molecular flexibility index (Phi) is 11.4. The van der Waals surface area contributed by atoms with E-state index in [1.54, 1.807) is 25.2 Å². The fourth-order valence-electron chi connectivity index (χ4n) is 2.92. The van der Waals surface area contributed by atoms with Crippen LogP contribution in [0, 0.1) is 0 Å². The number of hydrogen-bond acceptors (Lipinski definition) is 3. The first-order valence-electron chi connectivity index (χ1n) is 9.91. The van der Waals surface area contributed by atoms with Crippen LogP contribution in [0.1, 0.15) is 42.9 Å². The van der Waals surface area contributed by atoms with Gasteiger partial charge < -0.3 is 10.6 Å². The third-order valence-corrected chi connectivity index (χ3v) is 6.15. The van der Waals surface area contributed by atoms with Crippen LogP contribution in [0.3, 0.4) is 0 Å². The molecule has 6 nitrogen and oxygen atoms in total. The van der Waals surface area contributed by atoms with Crippen molar-refractivity contribution in [2.75, 3.05) is 20.6 Å². The predicted molar refractivity (Wildman–Crippen MR) is 135 cm³/mol. The summed E-state index contributed by atoms with van der Waals surface area (Å²) in [7, 11) is -0.309. The minimum absolute atomic E-state index is 0. The first-order chi connectivity index (χ1) is 13.9. The van der Waals surface area contributed by atoms with Crippen molar-refractivity contribution < 1.29 is 8.42 Å². The lowest BCUT2D eigenvalue weighted by atomic mass is 10.0. The van der Waals surface area contributed by atoms with Crippen LogP contribution in [-0.2, 0) is 23.0 Å². The van der Waals surface area contributed by atoms with Gasteiger partial charge in [0.05, 0.1) is 4.90 Å². The average molecular weight is 545 g/mol. The molecule has 0 atom stereocenters. The molecular formula is C22H33IN4O2S. The molecule has 0 aliphatic heterocycles. The maximum atomic E-state index is 11.9. The molecule has 0 fully saturated rings. The Balaban J connectivity index is 0.00000450. The van der Waals surface area contributed by atoms with E-state index in [-0.39, 0.29) is 28.9 Å². The van der Waals surface area contributed by atoms with Crippen molar-refractivity contribution in [3.05, 3.63) is 65.2 Å². The molecule has 0 radical (unpaired) electrons. The van der Waals surface area contributed by atoms with Crippen molar-refractivity contribution >= 4 is 40.0 Å². The van der Waals surface area contributed by atoms with E-state index in [0.29, 0.717) is 18.4 Å². The topological polar surface area (TPSA) is 82.6 Å². The molecule has 2 rings (SSSR count). The van der Waals surface area contributed by atoms with Crippen molar-refractivity contribution in [1.82, 2.24) is 15.4 Å². The van der Waals surface area contributed by atoms with Crippen molar-refractivity contribution in [2.24, 2.45) is 4.99 Å². The normalized spacial score (nSPS) is 11.8. The number of benzene rings is 2. The zero-order valence-corrected chi connectivity index (χ0v) is 21.3. The van der Waals surface area contributed by atoms with Gasteiger partial charge in [0, 0.05) is 20.1 Å². The molecule has 0 unspecified atom stereocenters. The Morgan fingerprint density at radius 1 is 1.03 bits per heavy atom. The number of guanidine groups is 1. The summed E-state index contributed by atoms with van der Waals surface area (Å²) in [5.41, 5.74) is 3.57. The summed E-state index contributed by atoms with van der Waals surface area (Å²) in [5, 5.41) is 6.53. The molecule has 0 spiro atoms. The summed E-state index contributed by atoms with van der Waals surface area (Å²) < 4.78 is 26.2. The van der Waals surface area contributed by atoms with E-state index in [1.165, 1.54) is 18.2 Å². The van der Waals surface area contributed by atoms with Crippen LogP contribution in [0.2, 0.25) is 0 Å². The van der Waals surface area contributed by atoms with E-state index in [4.69, 9.17) is 0 Å². The first-order valence-corrected chi connectivity index (χ1v) is 11.4. The number of nitrogens with zero attached hydrogens (tertiary/aromatic N) is 1. The predicted octanol–water partition coefficient (Wildman–Crippen LogP) is 3.63. The van der Waals surface area contributed by atoms with Crippen molar-refractivity contribution in [2.45, 2.75) is 44.0 Å². The Hall–Kier alpha value is -1.65. The Morgan fingerprint density at radius 2 is 1.73 bits per heavy atom. The third-order valence-electron chi connectivity index (χ3n) is 4.74. The molecular weight excluding hydrogens is 511 g/mol. The monoisotopic (exact) mass is 544 g/mol. The maximum Gasteiger partial charge on any atom is 0.240 e. The van der Waals surface area contributed by atoms with E-state index in [0.717, 1.165) is 24.9 Å². The molecule has 166 valence electrons. The highest BCUT2D eigenvalue weighted by Gasteiger charge is 2.11. The van der Waals surface area contributed by atoms with Gasteiger partial charge in [0.2, 0.25) is 10.0 Å². The van der Waals surface area contributed by atoms with Gasteiger partial charge in [-0.25, -0.2) is 13.1 Å². The van der Waals surface area contributed by atoms with Crippen LogP contribution in [-0.4, -0.2) is 35.0 Å². The zero-order chi connectivity index (χ0) is 21.3. The van der Waals surface area contributed by atoms with Gasteiger partial charge in [-0.3, -0.25) is 4.99 Å². The highest BCUT2D eigenvalue weighted by Crippen LogP contribution is 2.15. The van der Waals surface area contributed by atoms with Crippen molar-refractivity contribution in [3.8, 4) is 0 Å². The van der Waals surface area contributed by atoms with Crippen LogP contribution in [0.4, 0.5) is 0 Å². The fourth-order valence-corrected chi connectivity index (χ4v) is 3.72. The largest absolute Gasteiger partial charge is 0.356 e. The molecule has 2 aromatic carbocycles. The van der Waals surface area contributed by atoms with Gasteiger partial charge >= 0.3 is 0 Å². The SMILES string of the molecule is CN=C(NCCCc1ccc(C(C)C)cc1)NCc1cccc(S(=O)(=O)NC)c1.I. The highest BCUT2D eigenvalue weighted by molar-refractivity contribution is 14.0. The van der Waals surface area contributed by atoms with Crippen molar-refractivity contribution in [1.29, 1.82) is 0 Å². The number of aliphatic imine (C=N–C) groups is 1. The van der Waals surface area contributed by atoms with E-state index in [2.05, 4.69) is 58.5 Å². The minimum Gasteiger partial charge on any atom is -0.356 e. The smallest absolute Gasteiger partial charge is 0.240 e. The first kappa shape index (κ1) is 26.4. The van der Waals surface area contributed by atoms with E-state index < -0.39 is 10.0 Å². The van der Waals surface area contributed by atoms with Gasteiger partial charge in [-0.1, -0.05) is 50.2 Å². The van der Waals surface area contributed by atoms with E-state index in [9.17, 15) is 8.42 Å². The molecule has 0 heterocycles. The van der Waals surface area contributed by atoms with Gasteiger partial charge in [0.25, 0.3) is 0 Å². The third kappa shape index (κ3) is 8.23. The summed E-state index contributed by atoms with van der Waals surface area (Å²) in [6.45, 7) is 5.70. The molecule has 0 saturated carbocycles. The molecule has 30 heavy (non-hydrogen) atoms. The van der Waals surface area contributed by atoms with Crippen LogP contribution in [0.5, 0.6) is 0 Å². The second kappa shape index (κ2) is 12.9. The second-order valence-electron chi connectivity index (χ2n) is 7.21. The lowest BCUT2D eigenvalue weighted by Gasteiger charge is -2.13. The Labute approximate surface area is 198 Å². The lowest BCUT2D eigenvalue weighted by molar-refractivity contribution is 0.588. The van der Waals surface area contributed by atoms with Gasteiger partial charge in [-0.05, 0) is 54.6 Å². The fraction of sp³-hybridized carbons (Fsp3) is 0.409. The standard InChI is InChI=1S/C22H32N4O2S.HI/c1-17(2)20-12-10-18(11-13-20)8-6-14-25-22(23-3)26-16-19-7-5-9-21(15-19)29(27,28)24-4;/h5,7,9-13,15,17,24H,6,8,14,16H2,1-4H3,(H2,23,25,26);1H. The molecule has 0 saturated heterocycles. The molecule has 8 heteroatoms. The zero-order valence-electron chi connectivity index (χ0n) is 18.1. The van der Waals surface area contributed by atoms with E-state index in [1.807, 2.05) is 6.07 Å². The number of sulfonamides is 1. The lowest BCUT2D eigenvalue weighted by Crippen LogP contribution is -2.37. The Bertz CT molecular complexity index is 913. The summed E-state index contributed by atoms with van der Waals surface area (Å²) in [6.07, 6.45) is 2.00. The summed E-state index contributed by atoms with van der Waals surface area (Å²) in [4.78, 5) is 4.49. The number of aryl methyl sites for hydroxylation is 1. The summed E-state index contributed by atoms with van der Waals surface area (Å²) >= 11 is 0. The quantitative estimate of drug-likeness (QED) is 0.195. The van der Waals surface area contributed by atoms with Crippen LogP contribution < -0.4 is 15.4 Å². The average Bonchev–Trinajstić information content (AvgIpc) is 2.73. The molecule has 3 N–H and O–H groups in total. The maximum absolute atomic E-state index is 11.9. The van der Waals surface area contributed by atoms with Crippen LogP contribution >= 0.6 is 24.0 Å². The summed E-state index contributed by atoms with van der Waals surface area (Å²) in [6, 6.07) is 15.7. The summed E-state index contributed by atoms with van der Waals surface area (Å²) in [5.74, 6) is 1.25. The van der Waals surface area contributed by atoms with Crippen LogP contribution in [0.15, 0.2) is 58.4 Å². The molecule has 0 bridgehead atoms. The van der Waals surface area contributed by atoms with Crippen molar-refractivity contribution in [3.63, 3.8) is 0 Å². The van der Waals surface area contributed by atoms with Gasteiger partial charge in [0.1, 0.15) is 0 Å². The molecule has 0 aromatic heterocycles. The number of rotatable bonds is 9. The number of nitrogens with one attached hydrogen (secondary N) is 3.